The van der Waals surface area contributed by atoms with Crippen molar-refractivity contribution in [2.45, 2.75) is 46.2 Å². The number of halogens is 1. The van der Waals surface area contributed by atoms with E-state index in [1.54, 1.807) is 24.3 Å². The minimum atomic E-state index is -0.645. The van der Waals surface area contributed by atoms with Crippen LogP contribution >= 0.6 is 12.4 Å². The molecule has 0 fully saturated rings. The van der Waals surface area contributed by atoms with Gasteiger partial charge >= 0.3 is 0 Å². The molecule has 0 radical (unpaired) electrons. The van der Waals surface area contributed by atoms with Gasteiger partial charge in [0.15, 0.2) is 0 Å². The number of carbonyl (C=O) groups excluding carboxylic acids is 3. The molecule has 0 saturated carbocycles. The Bertz CT molecular complexity index is 624. The molecule has 7 nitrogen and oxygen atoms in total. The number of nitrogens with two attached hydrogens (primary N) is 1. The van der Waals surface area contributed by atoms with Crippen LogP contribution in [0.15, 0.2) is 24.3 Å². The van der Waals surface area contributed by atoms with E-state index >= 15 is 0 Å². The Morgan fingerprint density at radius 1 is 1.08 bits per heavy atom. The summed E-state index contributed by atoms with van der Waals surface area (Å²) in [5.41, 5.74) is 6.43. The van der Waals surface area contributed by atoms with E-state index in [0.717, 1.165) is 0 Å². The molecule has 0 saturated heterocycles. The van der Waals surface area contributed by atoms with Crippen LogP contribution in [0.2, 0.25) is 0 Å². The van der Waals surface area contributed by atoms with E-state index in [1.807, 2.05) is 34.6 Å². The van der Waals surface area contributed by atoms with Gasteiger partial charge in [-0.05, 0) is 51.0 Å². The first kappa shape index (κ1) is 23.9. The molecule has 0 aromatic heterocycles. The Hall–Kier alpha value is -2.12. The number of nitrogens with one attached hydrogen (secondary N) is 3. The smallest absolute Gasteiger partial charge is 0.251 e. The number of amides is 3. The summed E-state index contributed by atoms with van der Waals surface area (Å²) < 4.78 is 0. The van der Waals surface area contributed by atoms with Crippen molar-refractivity contribution < 1.29 is 14.4 Å². The average molecular weight is 385 g/mol. The minimum Gasteiger partial charge on any atom is -0.347 e. The fourth-order valence-electron chi connectivity index (χ4n) is 1.91. The van der Waals surface area contributed by atoms with Crippen molar-refractivity contribution in [2.24, 2.45) is 11.7 Å². The number of hydrogen-bond acceptors (Lipinski definition) is 4. The predicted molar refractivity (Wildman–Crippen MR) is 105 cm³/mol. The Balaban J connectivity index is 0.00000625. The van der Waals surface area contributed by atoms with E-state index in [1.165, 1.54) is 0 Å². The molecule has 0 aliphatic carbocycles. The first-order chi connectivity index (χ1) is 11.5. The molecule has 146 valence electrons. The van der Waals surface area contributed by atoms with E-state index in [-0.39, 0.29) is 48.1 Å². The molecule has 0 aliphatic rings. The van der Waals surface area contributed by atoms with Crippen molar-refractivity contribution in [1.29, 1.82) is 0 Å². The van der Waals surface area contributed by atoms with Crippen LogP contribution in [0.1, 0.15) is 45.0 Å². The van der Waals surface area contributed by atoms with Gasteiger partial charge < -0.3 is 21.7 Å². The maximum absolute atomic E-state index is 12.0. The largest absolute Gasteiger partial charge is 0.347 e. The van der Waals surface area contributed by atoms with E-state index < -0.39 is 6.04 Å². The quantitative estimate of drug-likeness (QED) is 0.597. The lowest BCUT2D eigenvalue weighted by Crippen LogP contribution is -2.46. The van der Waals surface area contributed by atoms with Gasteiger partial charge in [0.05, 0.1) is 12.6 Å². The van der Waals surface area contributed by atoms with Crippen molar-refractivity contribution in [3.63, 3.8) is 0 Å². The highest BCUT2D eigenvalue weighted by Gasteiger charge is 2.18. The van der Waals surface area contributed by atoms with Crippen LogP contribution in [0.4, 0.5) is 5.69 Å². The molecule has 5 N–H and O–H groups in total. The minimum absolute atomic E-state index is 0. The Labute approximate surface area is 160 Å². The van der Waals surface area contributed by atoms with Gasteiger partial charge in [-0.2, -0.15) is 0 Å². The lowest BCUT2D eigenvalue weighted by molar-refractivity contribution is -0.125. The fraction of sp³-hybridized carbons (Fsp3) is 0.500. The molecule has 3 amide bonds. The van der Waals surface area contributed by atoms with Gasteiger partial charge in [-0.25, -0.2) is 0 Å². The van der Waals surface area contributed by atoms with E-state index in [2.05, 4.69) is 16.0 Å². The second kappa shape index (κ2) is 10.1. The maximum atomic E-state index is 12.0. The van der Waals surface area contributed by atoms with Crippen molar-refractivity contribution >= 4 is 35.8 Å². The van der Waals surface area contributed by atoms with Crippen molar-refractivity contribution in [3.8, 4) is 0 Å². The summed E-state index contributed by atoms with van der Waals surface area (Å²) in [7, 11) is 0. The van der Waals surface area contributed by atoms with Crippen molar-refractivity contribution in [1.82, 2.24) is 10.6 Å². The molecular formula is C18H29ClN4O3. The zero-order chi connectivity index (χ0) is 19.2. The highest BCUT2D eigenvalue weighted by atomic mass is 35.5. The molecule has 8 heteroatoms. The van der Waals surface area contributed by atoms with Crippen LogP contribution in [0.25, 0.3) is 0 Å². The van der Waals surface area contributed by atoms with Crippen molar-refractivity contribution in [3.05, 3.63) is 29.8 Å². The number of anilines is 1. The van der Waals surface area contributed by atoms with Gasteiger partial charge in [-0.15, -0.1) is 12.4 Å². The molecule has 0 aliphatic heterocycles. The maximum Gasteiger partial charge on any atom is 0.251 e. The third kappa shape index (κ3) is 8.31. The molecular weight excluding hydrogens is 356 g/mol. The predicted octanol–water partition coefficient (Wildman–Crippen LogP) is 1.67. The monoisotopic (exact) mass is 384 g/mol. The summed E-state index contributed by atoms with van der Waals surface area (Å²) in [4.78, 5) is 35.6. The summed E-state index contributed by atoms with van der Waals surface area (Å²) in [5, 5.41) is 8.02. The van der Waals surface area contributed by atoms with Gasteiger partial charge in [0.2, 0.25) is 11.8 Å². The normalized spacial score (nSPS) is 12.0. The third-order valence-electron chi connectivity index (χ3n) is 3.36. The van der Waals surface area contributed by atoms with Crippen LogP contribution < -0.4 is 21.7 Å². The third-order valence-corrected chi connectivity index (χ3v) is 3.36. The number of carbonyl (C=O) groups is 3. The van der Waals surface area contributed by atoms with Crippen LogP contribution in [-0.2, 0) is 9.59 Å². The Morgan fingerprint density at radius 3 is 2.08 bits per heavy atom. The highest BCUT2D eigenvalue weighted by molar-refractivity contribution is 5.97. The number of rotatable bonds is 6. The second-order valence-electron chi connectivity index (χ2n) is 7.32. The molecule has 0 unspecified atom stereocenters. The Kier molecular flexibility index (Phi) is 9.31. The number of benzene rings is 1. The lowest BCUT2D eigenvalue weighted by atomic mass is 10.1. The summed E-state index contributed by atoms with van der Waals surface area (Å²) in [6.45, 7) is 9.21. The van der Waals surface area contributed by atoms with Crippen LogP contribution in [0.5, 0.6) is 0 Å². The molecule has 0 spiro atoms. The molecule has 1 aromatic rings. The zero-order valence-corrected chi connectivity index (χ0v) is 16.7. The van der Waals surface area contributed by atoms with E-state index in [0.29, 0.717) is 11.3 Å². The van der Waals surface area contributed by atoms with Gasteiger partial charge in [0.25, 0.3) is 5.91 Å². The summed E-state index contributed by atoms with van der Waals surface area (Å²) in [5.74, 6) is -0.911. The van der Waals surface area contributed by atoms with Crippen molar-refractivity contribution in [2.75, 3.05) is 11.9 Å². The van der Waals surface area contributed by atoms with Gasteiger partial charge in [0.1, 0.15) is 0 Å². The molecule has 1 atom stereocenters. The topological polar surface area (TPSA) is 113 Å². The summed E-state index contributed by atoms with van der Waals surface area (Å²) >= 11 is 0. The van der Waals surface area contributed by atoms with Gasteiger partial charge in [0, 0.05) is 16.8 Å². The van der Waals surface area contributed by atoms with Gasteiger partial charge in [-0.1, -0.05) is 13.8 Å². The first-order valence-electron chi connectivity index (χ1n) is 8.25. The zero-order valence-electron chi connectivity index (χ0n) is 15.9. The lowest BCUT2D eigenvalue weighted by Gasteiger charge is -2.20. The second-order valence-corrected chi connectivity index (χ2v) is 7.32. The average Bonchev–Trinajstić information content (AvgIpc) is 2.50. The fourth-order valence-corrected chi connectivity index (χ4v) is 1.91. The van der Waals surface area contributed by atoms with E-state index in [4.69, 9.17) is 5.73 Å². The molecule has 26 heavy (non-hydrogen) atoms. The van der Waals surface area contributed by atoms with Crippen LogP contribution in [0.3, 0.4) is 0 Å². The number of hydrogen-bond donors (Lipinski definition) is 4. The summed E-state index contributed by atoms with van der Waals surface area (Å²) in [6, 6.07) is 5.88. The molecule has 1 aromatic carbocycles. The SMILES string of the molecule is CC(C)[C@H](N)C(=O)NCC(=O)Nc1ccc(C(=O)NC(C)(C)C)cc1.Cl. The first-order valence-corrected chi connectivity index (χ1v) is 8.25. The molecule has 1 rings (SSSR count). The van der Waals surface area contributed by atoms with Gasteiger partial charge in [-0.3, -0.25) is 14.4 Å². The summed E-state index contributed by atoms with van der Waals surface area (Å²) in [6.07, 6.45) is 0. The highest BCUT2D eigenvalue weighted by Crippen LogP contribution is 2.11. The van der Waals surface area contributed by atoms with Crippen LogP contribution in [0, 0.1) is 5.92 Å². The van der Waals surface area contributed by atoms with Crippen LogP contribution in [-0.4, -0.2) is 35.8 Å². The Morgan fingerprint density at radius 2 is 1.62 bits per heavy atom. The molecule has 0 heterocycles. The molecule has 0 bridgehead atoms. The van der Waals surface area contributed by atoms with E-state index in [9.17, 15) is 14.4 Å². The standard InChI is InChI=1S/C18H28N4O3.ClH/c1-11(2)15(19)17(25)20-10-14(23)21-13-8-6-12(7-9-13)16(24)22-18(3,4)5;/h6-9,11,15H,10,19H2,1-5H3,(H,20,25)(H,21,23)(H,22,24);1H/t15-;/m0./s1.